The Morgan fingerprint density at radius 3 is 2.47 bits per heavy atom. The number of benzene rings is 1. The van der Waals surface area contributed by atoms with E-state index in [0.29, 0.717) is 11.9 Å². The van der Waals surface area contributed by atoms with Crippen LogP contribution in [0.3, 0.4) is 0 Å². The van der Waals surface area contributed by atoms with Crippen molar-refractivity contribution in [1.29, 1.82) is 0 Å². The molecule has 1 N–H and O–H groups in total. The second kappa shape index (κ2) is 6.57. The van der Waals surface area contributed by atoms with E-state index in [4.69, 9.17) is 9.47 Å². The SMILES string of the molecule is COc1ccccc1NC(=O)C1CCC(OC)CC1. The van der Waals surface area contributed by atoms with Gasteiger partial charge in [-0.15, -0.1) is 0 Å². The van der Waals surface area contributed by atoms with Crippen LogP contribution < -0.4 is 10.1 Å². The monoisotopic (exact) mass is 263 g/mol. The van der Waals surface area contributed by atoms with Crippen LogP contribution in [0.2, 0.25) is 0 Å². The highest BCUT2D eigenvalue weighted by atomic mass is 16.5. The Hall–Kier alpha value is -1.55. The Kier molecular flexibility index (Phi) is 4.80. The van der Waals surface area contributed by atoms with E-state index in [0.717, 1.165) is 31.4 Å². The zero-order chi connectivity index (χ0) is 13.7. The third kappa shape index (κ3) is 3.47. The lowest BCUT2D eigenvalue weighted by Gasteiger charge is -2.26. The smallest absolute Gasteiger partial charge is 0.227 e. The van der Waals surface area contributed by atoms with Crippen LogP contribution in [0.5, 0.6) is 5.75 Å². The van der Waals surface area contributed by atoms with Crippen LogP contribution in [0.25, 0.3) is 0 Å². The molecule has 1 aromatic rings. The predicted octanol–water partition coefficient (Wildman–Crippen LogP) is 2.84. The molecule has 0 unspecified atom stereocenters. The molecule has 0 bridgehead atoms. The normalized spacial score (nSPS) is 22.8. The van der Waals surface area contributed by atoms with Crippen LogP contribution in [0.1, 0.15) is 25.7 Å². The summed E-state index contributed by atoms with van der Waals surface area (Å²) in [5.74, 6) is 0.858. The summed E-state index contributed by atoms with van der Waals surface area (Å²) in [6.45, 7) is 0. The maximum Gasteiger partial charge on any atom is 0.227 e. The van der Waals surface area contributed by atoms with E-state index in [2.05, 4.69) is 5.32 Å². The van der Waals surface area contributed by atoms with Gasteiger partial charge >= 0.3 is 0 Å². The quantitative estimate of drug-likeness (QED) is 0.908. The number of ether oxygens (including phenoxy) is 2. The van der Waals surface area contributed by atoms with Crippen LogP contribution in [0.4, 0.5) is 5.69 Å². The summed E-state index contributed by atoms with van der Waals surface area (Å²) in [4.78, 5) is 12.2. The predicted molar refractivity (Wildman–Crippen MR) is 74.4 cm³/mol. The van der Waals surface area contributed by atoms with Crippen molar-refractivity contribution in [1.82, 2.24) is 0 Å². The van der Waals surface area contributed by atoms with Crippen molar-refractivity contribution in [2.45, 2.75) is 31.8 Å². The number of carbonyl (C=O) groups is 1. The van der Waals surface area contributed by atoms with Crippen LogP contribution >= 0.6 is 0 Å². The Morgan fingerprint density at radius 1 is 1.16 bits per heavy atom. The van der Waals surface area contributed by atoms with Crippen molar-refractivity contribution in [3.8, 4) is 5.75 Å². The third-order valence-electron chi connectivity index (χ3n) is 3.74. The number of para-hydroxylation sites is 2. The molecule has 4 heteroatoms. The van der Waals surface area contributed by atoms with Crippen molar-refractivity contribution in [2.75, 3.05) is 19.5 Å². The zero-order valence-electron chi connectivity index (χ0n) is 11.5. The van der Waals surface area contributed by atoms with Gasteiger partial charge in [-0.3, -0.25) is 4.79 Å². The van der Waals surface area contributed by atoms with Crippen LogP contribution in [0.15, 0.2) is 24.3 Å². The van der Waals surface area contributed by atoms with Crippen LogP contribution in [-0.2, 0) is 9.53 Å². The van der Waals surface area contributed by atoms with E-state index in [1.165, 1.54) is 0 Å². The van der Waals surface area contributed by atoms with Gasteiger partial charge in [-0.25, -0.2) is 0 Å². The molecule has 1 fully saturated rings. The number of nitrogens with one attached hydrogen (secondary N) is 1. The maximum absolute atomic E-state index is 12.2. The molecule has 0 atom stereocenters. The lowest BCUT2D eigenvalue weighted by molar-refractivity contribution is -0.121. The van der Waals surface area contributed by atoms with Crippen molar-refractivity contribution in [2.24, 2.45) is 5.92 Å². The van der Waals surface area contributed by atoms with E-state index in [1.807, 2.05) is 24.3 Å². The molecule has 4 nitrogen and oxygen atoms in total. The maximum atomic E-state index is 12.2. The molecular formula is C15H21NO3. The summed E-state index contributed by atoms with van der Waals surface area (Å²) in [7, 11) is 3.34. The van der Waals surface area contributed by atoms with Gasteiger partial charge in [-0.05, 0) is 37.8 Å². The molecule has 0 spiro atoms. The molecule has 1 aliphatic carbocycles. The number of hydrogen-bond acceptors (Lipinski definition) is 3. The molecule has 104 valence electrons. The topological polar surface area (TPSA) is 47.6 Å². The average Bonchev–Trinajstić information content (AvgIpc) is 2.48. The second-order valence-corrected chi connectivity index (χ2v) is 4.90. The minimum Gasteiger partial charge on any atom is -0.495 e. The zero-order valence-corrected chi connectivity index (χ0v) is 11.5. The molecular weight excluding hydrogens is 242 g/mol. The van der Waals surface area contributed by atoms with Gasteiger partial charge in [0.1, 0.15) is 5.75 Å². The average molecular weight is 263 g/mol. The van der Waals surface area contributed by atoms with Crippen LogP contribution in [0, 0.1) is 5.92 Å². The Morgan fingerprint density at radius 2 is 1.84 bits per heavy atom. The van der Waals surface area contributed by atoms with Crippen molar-refractivity contribution >= 4 is 11.6 Å². The number of methoxy groups -OCH3 is 2. The fourth-order valence-corrected chi connectivity index (χ4v) is 2.54. The Balaban J connectivity index is 1.94. The fraction of sp³-hybridized carbons (Fsp3) is 0.533. The first-order valence-corrected chi connectivity index (χ1v) is 6.71. The standard InChI is InChI=1S/C15H21NO3/c1-18-12-9-7-11(8-10-12)15(17)16-13-5-3-4-6-14(13)19-2/h3-6,11-12H,7-10H2,1-2H3,(H,16,17). The van der Waals surface area contributed by atoms with Crippen molar-refractivity contribution in [3.05, 3.63) is 24.3 Å². The molecule has 1 aromatic carbocycles. The first kappa shape index (κ1) is 13.9. The van der Waals surface area contributed by atoms with E-state index >= 15 is 0 Å². The molecule has 0 aliphatic heterocycles. The molecule has 2 rings (SSSR count). The first-order valence-electron chi connectivity index (χ1n) is 6.71. The molecule has 1 aliphatic rings. The minimum atomic E-state index is 0.0799. The minimum absolute atomic E-state index is 0.0799. The highest BCUT2D eigenvalue weighted by Crippen LogP contribution is 2.29. The van der Waals surface area contributed by atoms with Crippen LogP contribution in [-0.4, -0.2) is 26.2 Å². The lowest BCUT2D eigenvalue weighted by Crippen LogP contribution is -2.29. The molecule has 0 aromatic heterocycles. The summed E-state index contributed by atoms with van der Waals surface area (Å²) < 4.78 is 10.6. The Bertz CT molecular complexity index is 425. The number of hydrogen-bond donors (Lipinski definition) is 1. The molecule has 1 saturated carbocycles. The van der Waals surface area contributed by atoms with Gasteiger partial charge in [0.15, 0.2) is 0 Å². The van der Waals surface area contributed by atoms with Crippen molar-refractivity contribution < 1.29 is 14.3 Å². The summed E-state index contributed by atoms with van der Waals surface area (Å²) >= 11 is 0. The largest absolute Gasteiger partial charge is 0.495 e. The number of rotatable bonds is 4. The van der Waals surface area contributed by atoms with E-state index in [1.54, 1.807) is 14.2 Å². The summed E-state index contributed by atoms with van der Waals surface area (Å²) in [5, 5.41) is 2.96. The number of carbonyl (C=O) groups excluding carboxylic acids is 1. The second-order valence-electron chi connectivity index (χ2n) is 4.90. The molecule has 0 heterocycles. The summed E-state index contributed by atoms with van der Waals surface area (Å²) in [5.41, 5.74) is 0.740. The first-order chi connectivity index (χ1) is 9.24. The number of anilines is 1. The van der Waals surface area contributed by atoms with Gasteiger partial charge in [0, 0.05) is 13.0 Å². The van der Waals surface area contributed by atoms with Gasteiger partial charge in [0.05, 0.1) is 18.9 Å². The summed E-state index contributed by atoms with van der Waals surface area (Å²) in [6, 6.07) is 7.48. The molecule has 0 radical (unpaired) electrons. The molecule has 1 amide bonds. The van der Waals surface area contributed by atoms with Gasteiger partial charge in [0.2, 0.25) is 5.91 Å². The fourth-order valence-electron chi connectivity index (χ4n) is 2.54. The highest BCUT2D eigenvalue weighted by molar-refractivity contribution is 5.93. The third-order valence-corrected chi connectivity index (χ3v) is 3.74. The van der Waals surface area contributed by atoms with E-state index < -0.39 is 0 Å². The van der Waals surface area contributed by atoms with Gasteiger partial charge in [0.25, 0.3) is 0 Å². The lowest BCUT2D eigenvalue weighted by atomic mass is 9.87. The number of amides is 1. The van der Waals surface area contributed by atoms with Gasteiger partial charge in [-0.2, -0.15) is 0 Å². The van der Waals surface area contributed by atoms with Crippen molar-refractivity contribution in [3.63, 3.8) is 0 Å². The van der Waals surface area contributed by atoms with E-state index in [-0.39, 0.29) is 11.8 Å². The molecule has 19 heavy (non-hydrogen) atoms. The van der Waals surface area contributed by atoms with E-state index in [9.17, 15) is 4.79 Å². The summed E-state index contributed by atoms with van der Waals surface area (Å²) in [6.07, 6.45) is 4.01. The van der Waals surface area contributed by atoms with Gasteiger partial charge in [-0.1, -0.05) is 12.1 Å². The molecule has 0 saturated heterocycles. The Labute approximate surface area is 114 Å². The van der Waals surface area contributed by atoms with Gasteiger partial charge < -0.3 is 14.8 Å². The highest BCUT2D eigenvalue weighted by Gasteiger charge is 2.26.